The maximum Gasteiger partial charge on any atom is 0.147 e. The molecule has 0 aliphatic rings. The first-order valence-corrected chi connectivity index (χ1v) is 4.07. The fourth-order valence-corrected chi connectivity index (χ4v) is 1.03. The van der Waals surface area contributed by atoms with E-state index in [9.17, 15) is 8.78 Å². The third-order valence-electron chi connectivity index (χ3n) is 1.76. The van der Waals surface area contributed by atoms with Gasteiger partial charge in [0.15, 0.2) is 0 Å². The highest BCUT2D eigenvalue weighted by Crippen LogP contribution is 2.13. The van der Waals surface area contributed by atoms with E-state index in [1.54, 1.807) is 6.92 Å². The molecule has 0 bridgehead atoms. The standard InChI is InChI=1S/C9H11F2NO/c1-6(13)2-3-7-8(10)4-12-5-9(7)11/h4-6,13H,2-3H2,1H3. The Morgan fingerprint density at radius 3 is 2.38 bits per heavy atom. The lowest BCUT2D eigenvalue weighted by Crippen LogP contribution is -2.04. The molecule has 1 aromatic rings. The van der Waals surface area contributed by atoms with Crippen LogP contribution in [0.5, 0.6) is 0 Å². The van der Waals surface area contributed by atoms with Gasteiger partial charge >= 0.3 is 0 Å². The van der Waals surface area contributed by atoms with Gasteiger partial charge in [0.1, 0.15) is 11.6 Å². The van der Waals surface area contributed by atoms with Crippen molar-refractivity contribution in [3.63, 3.8) is 0 Å². The third kappa shape index (κ3) is 2.73. The molecule has 4 heteroatoms. The molecule has 0 radical (unpaired) electrons. The summed E-state index contributed by atoms with van der Waals surface area (Å²) >= 11 is 0. The lowest BCUT2D eigenvalue weighted by Gasteiger charge is -2.05. The average molecular weight is 187 g/mol. The maximum atomic E-state index is 12.9. The van der Waals surface area contributed by atoms with Crippen LogP contribution in [-0.4, -0.2) is 16.2 Å². The predicted molar refractivity (Wildman–Crippen MR) is 44.2 cm³/mol. The van der Waals surface area contributed by atoms with Gasteiger partial charge in [-0.05, 0) is 19.8 Å². The SMILES string of the molecule is CC(O)CCc1c(F)cncc1F. The van der Waals surface area contributed by atoms with Crippen molar-refractivity contribution in [2.45, 2.75) is 25.9 Å². The molecule has 0 spiro atoms. The smallest absolute Gasteiger partial charge is 0.147 e. The highest BCUT2D eigenvalue weighted by molar-refractivity contribution is 5.15. The van der Waals surface area contributed by atoms with E-state index in [0.29, 0.717) is 6.42 Å². The first-order chi connectivity index (χ1) is 6.11. The lowest BCUT2D eigenvalue weighted by atomic mass is 10.1. The van der Waals surface area contributed by atoms with Crippen molar-refractivity contribution in [2.75, 3.05) is 0 Å². The molecule has 0 amide bonds. The van der Waals surface area contributed by atoms with E-state index in [1.807, 2.05) is 0 Å². The topological polar surface area (TPSA) is 33.1 Å². The van der Waals surface area contributed by atoms with Gasteiger partial charge in [-0.3, -0.25) is 4.98 Å². The van der Waals surface area contributed by atoms with Gasteiger partial charge in [0, 0.05) is 5.56 Å². The fraction of sp³-hybridized carbons (Fsp3) is 0.444. The molecule has 0 aromatic carbocycles. The summed E-state index contributed by atoms with van der Waals surface area (Å²) in [5.41, 5.74) is -0.00380. The van der Waals surface area contributed by atoms with Crippen LogP contribution in [0.2, 0.25) is 0 Å². The molecule has 0 saturated heterocycles. The van der Waals surface area contributed by atoms with E-state index >= 15 is 0 Å². The van der Waals surface area contributed by atoms with Crippen LogP contribution in [0.1, 0.15) is 18.9 Å². The Bertz CT molecular complexity index is 269. The molecular weight excluding hydrogens is 176 g/mol. The molecule has 0 saturated carbocycles. The highest BCUT2D eigenvalue weighted by Gasteiger charge is 2.09. The molecule has 0 aliphatic heterocycles. The minimum atomic E-state index is -0.652. The predicted octanol–water partition coefficient (Wildman–Crippen LogP) is 1.67. The summed E-state index contributed by atoms with van der Waals surface area (Å²) in [4.78, 5) is 3.36. The minimum absolute atomic E-state index is 0.00380. The molecule has 1 aromatic heterocycles. The zero-order chi connectivity index (χ0) is 9.84. The zero-order valence-electron chi connectivity index (χ0n) is 7.30. The third-order valence-corrected chi connectivity index (χ3v) is 1.76. The van der Waals surface area contributed by atoms with E-state index in [1.165, 1.54) is 0 Å². The molecule has 13 heavy (non-hydrogen) atoms. The van der Waals surface area contributed by atoms with E-state index in [-0.39, 0.29) is 12.0 Å². The van der Waals surface area contributed by atoms with Crippen LogP contribution >= 0.6 is 0 Å². The minimum Gasteiger partial charge on any atom is -0.393 e. The number of pyridine rings is 1. The Morgan fingerprint density at radius 2 is 1.92 bits per heavy atom. The zero-order valence-corrected chi connectivity index (χ0v) is 7.30. The molecule has 0 aliphatic carbocycles. The first-order valence-electron chi connectivity index (χ1n) is 4.07. The van der Waals surface area contributed by atoms with Crippen LogP contribution in [-0.2, 0) is 6.42 Å². The van der Waals surface area contributed by atoms with Crippen LogP contribution in [0.4, 0.5) is 8.78 Å². The summed E-state index contributed by atoms with van der Waals surface area (Å²) in [6.07, 6.45) is 1.93. The summed E-state index contributed by atoms with van der Waals surface area (Å²) in [6, 6.07) is 0. The Balaban J connectivity index is 2.75. The van der Waals surface area contributed by atoms with Crippen molar-refractivity contribution in [1.29, 1.82) is 0 Å². The van der Waals surface area contributed by atoms with Crippen LogP contribution in [0, 0.1) is 11.6 Å². The summed E-state index contributed by atoms with van der Waals surface area (Å²) in [6.45, 7) is 1.58. The number of hydrogen-bond donors (Lipinski definition) is 1. The van der Waals surface area contributed by atoms with Gasteiger partial charge in [0.2, 0.25) is 0 Å². The average Bonchev–Trinajstić information content (AvgIpc) is 2.03. The van der Waals surface area contributed by atoms with Gasteiger partial charge in [0.05, 0.1) is 18.5 Å². The second-order valence-electron chi connectivity index (χ2n) is 2.97. The van der Waals surface area contributed by atoms with Crippen LogP contribution in [0.25, 0.3) is 0 Å². The quantitative estimate of drug-likeness (QED) is 0.780. The summed E-state index contributed by atoms with van der Waals surface area (Å²) in [5.74, 6) is -1.30. The number of aromatic nitrogens is 1. The number of nitrogens with zero attached hydrogens (tertiary/aromatic N) is 1. The first kappa shape index (κ1) is 10.1. The number of aliphatic hydroxyl groups is 1. The normalized spacial score (nSPS) is 12.9. The monoisotopic (exact) mass is 187 g/mol. The molecule has 72 valence electrons. The van der Waals surface area contributed by atoms with E-state index in [0.717, 1.165) is 12.4 Å². The Kier molecular flexibility index (Phi) is 3.31. The fourth-order valence-electron chi connectivity index (χ4n) is 1.03. The summed E-state index contributed by atoms with van der Waals surface area (Å²) in [5, 5.41) is 8.93. The second kappa shape index (κ2) is 4.28. The van der Waals surface area contributed by atoms with Crippen molar-refractivity contribution >= 4 is 0 Å². The van der Waals surface area contributed by atoms with Crippen molar-refractivity contribution < 1.29 is 13.9 Å². The van der Waals surface area contributed by atoms with E-state index < -0.39 is 17.7 Å². The molecule has 0 fully saturated rings. The van der Waals surface area contributed by atoms with Crippen LogP contribution in [0.3, 0.4) is 0 Å². The van der Waals surface area contributed by atoms with Crippen LogP contribution < -0.4 is 0 Å². The molecular formula is C9H11F2NO. The van der Waals surface area contributed by atoms with Gasteiger partial charge in [0.25, 0.3) is 0 Å². The summed E-state index contributed by atoms with van der Waals surface area (Å²) in [7, 11) is 0. The number of halogens is 2. The molecule has 1 atom stereocenters. The van der Waals surface area contributed by atoms with Crippen LogP contribution in [0.15, 0.2) is 12.4 Å². The van der Waals surface area contributed by atoms with Gasteiger partial charge in [-0.25, -0.2) is 8.78 Å². The molecule has 2 nitrogen and oxygen atoms in total. The molecule has 1 rings (SSSR count). The van der Waals surface area contributed by atoms with E-state index in [2.05, 4.69) is 4.98 Å². The lowest BCUT2D eigenvalue weighted by molar-refractivity contribution is 0.184. The van der Waals surface area contributed by atoms with E-state index in [4.69, 9.17) is 5.11 Å². The van der Waals surface area contributed by atoms with Crippen molar-refractivity contribution in [1.82, 2.24) is 4.98 Å². The van der Waals surface area contributed by atoms with Crippen molar-refractivity contribution in [3.8, 4) is 0 Å². The van der Waals surface area contributed by atoms with Crippen molar-refractivity contribution in [2.24, 2.45) is 0 Å². The Labute approximate surface area is 75.2 Å². The maximum absolute atomic E-state index is 12.9. The Hall–Kier alpha value is -1.03. The largest absolute Gasteiger partial charge is 0.393 e. The highest BCUT2D eigenvalue weighted by atomic mass is 19.1. The summed E-state index contributed by atoms with van der Waals surface area (Å²) < 4.78 is 25.8. The van der Waals surface area contributed by atoms with Crippen molar-refractivity contribution in [3.05, 3.63) is 29.6 Å². The van der Waals surface area contributed by atoms with Gasteiger partial charge in [-0.15, -0.1) is 0 Å². The second-order valence-corrected chi connectivity index (χ2v) is 2.97. The number of rotatable bonds is 3. The van der Waals surface area contributed by atoms with Gasteiger partial charge in [-0.2, -0.15) is 0 Å². The number of hydrogen-bond acceptors (Lipinski definition) is 2. The van der Waals surface area contributed by atoms with Gasteiger partial charge in [-0.1, -0.05) is 0 Å². The molecule has 1 N–H and O–H groups in total. The Morgan fingerprint density at radius 1 is 1.38 bits per heavy atom. The number of aliphatic hydroxyl groups excluding tert-OH is 1. The van der Waals surface area contributed by atoms with Gasteiger partial charge < -0.3 is 5.11 Å². The molecule has 1 heterocycles. The molecule has 1 unspecified atom stereocenters.